The number of nitrogens with zero attached hydrogens (tertiary/aromatic N) is 1. The minimum Gasteiger partial charge on any atom is -0.329 e. The van der Waals surface area contributed by atoms with Crippen molar-refractivity contribution in [3.05, 3.63) is 0 Å². The van der Waals surface area contributed by atoms with Gasteiger partial charge in [0.25, 0.3) is 0 Å². The van der Waals surface area contributed by atoms with Gasteiger partial charge in [0.2, 0.25) is 0 Å². The Kier molecular flexibility index (Phi) is 4.57. The minimum absolute atomic E-state index is 0.318. The van der Waals surface area contributed by atoms with Crippen LogP contribution in [0.4, 0.5) is 0 Å². The maximum Gasteiger partial charge on any atom is 0.0332 e. The van der Waals surface area contributed by atoms with Crippen molar-refractivity contribution in [2.24, 2.45) is 22.5 Å². The number of nitrogens with two attached hydrogens (primary N) is 1. The van der Waals surface area contributed by atoms with Crippen LogP contribution in [0.2, 0.25) is 0 Å². The Morgan fingerprint density at radius 2 is 1.50 bits per heavy atom. The monoisotopic (exact) mass is 280 g/mol. The van der Waals surface area contributed by atoms with Crippen molar-refractivity contribution in [3.63, 3.8) is 0 Å². The van der Waals surface area contributed by atoms with E-state index in [4.69, 9.17) is 5.73 Å². The van der Waals surface area contributed by atoms with Crippen molar-refractivity contribution in [3.8, 4) is 0 Å². The molecule has 0 unspecified atom stereocenters. The highest BCUT2D eigenvalue weighted by molar-refractivity contribution is 4.99. The number of piperidine rings is 1. The highest BCUT2D eigenvalue weighted by Gasteiger charge is 2.43. The van der Waals surface area contributed by atoms with Gasteiger partial charge in [0.1, 0.15) is 0 Å². The van der Waals surface area contributed by atoms with Crippen molar-refractivity contribution < 1.29 is 0 Å². The molecule has 2 aliphatic rings. The van der Waals surface area contributed by atoms with Gasteiger partial charge in [0.15, 0.2) is 0 Å². The van der Waals surface area contributed by atoms with E-state index in [2.05, 4.69) is 39.5 Å². The van der Waals surface area contributed by atoms with Crippen LogP contribution in [0, 0.1) is 16.7 Å². The molecular formula is C18H36N2. The second-order valence-electron chi connectivity index (χ2n) is 9.22. The number of hydrogen-bond donors (Lipinski definition) is 1. The third-order valence-electron chi connectivity index (χ3n) is 6.30. The molecule has 2 fully saturated rings. The van der Waals surface area contributed by atoms with Crippen LogP contribution in [-0.2, 0) is 0 Å². The van der Waals surface area contributed by atoms with Gasteiger partial charge in [-0.2, -0.15) is 0 Å². The van der Waals surface area contributed by atoms with E-state index < -0.39 is 0 Å². The van der Waals surface area contributed by atoms with Gasteiger partial charge < -0.3 is 5.73 Å². The Bertz CT molecular complexity index is 309. The van der Waals surface area contributed by atoms with Gasteiger partial charge in [-0.05, 0) is 68.4 Å². The lowest BCUT2D eigenvalue weighted by atomic mass is 9.67. The molecule has 2 rings (SSSR count). The van der Waals surface area contributed by atoms with Crippen LogP contribution in [-0.4, -0.2) is 30.1 Å². The van der Waals surface area contributed by atoms with E-state index in [9.17, 15) is 0 Å². The lowest BCUT2D eigenvalue weighted by molar-refractivity contribution is -0.0123. The van der Waals surface area contributed by atoms with Crippen LogP contribution < -0.4 is 5.73 Å². The summed E-state index contributed by atoms with van der Waals surface area (Å²) in [4.78, 5) is 2.75. The molecule has 0 bridgehead atoms. The van der Waals surface area contributed by atoms with Crippen molar-refractivity contribution >= 4 is 0 Å². The summed E-state index contributed by atoms with van der Waals surface area (Å²) in [6, 6.07) is 0. The number of hydrogen-bond acceptors (Lipinski definition) is 2. The van der Waals surface area contributed by atoms with Gasteiger partial charge in [-0.3, -0.25) is 4.90 Å². The smallest absolute Gasteiger partial charge is 0.0332 e. The summed E-state index contributed by atoms with van der Waals surface area (Å²) in [5.74, 6) is 0.883. The summed E-state index contributed by atoms with van der Waals surface area (Å²) in [5.41, 5.74) is 7.55. The summed E-state index contributed by atoms with van der Waals surface area (Å²) in [5, 5.41) is 0. The Hall–Kier alpha value is -0.0800. The maximum atomic E-state index is 6.24. The van der Waals surface area contributed by atoms with Crippen LogP contribution in [0.3, 0.4) is 0 Å². The lowest BCUT2D eigenvalue weighted by Gasteiger charge is -2.52. The topological polar surface area (TPSA) is 29.3 Å². The molecule has 0 atom stereocenters. The minimum atomic E-state index is 0.318. The Morgan fingerprint density at radius 1 is 1.00 bits per heavy atom. The lowest BCUT2D eigenvalue weighted by Crippen LogP contribution is -2.59. The van der Waals surface area contributed by atoms with E-state index in [1.165, 1.54) is 51.6 Å². The van der Waals surface area contributed by atoms with Gasteiger partial charge in [-0.15, -0.1) is 0 Å². The normalized spacial score (nSPS) is 28.5. The predicted molar refractivity (Wildman–Crippen MR) is 87.8 cm³/mol. The third kappa shape index (κ3) is 3.39. The van der Waals surface area contributed by atoms with Crippen LogP contribution in [0.15, 0.2) is 0 Å². The summed E-state index contributed by atoms with van der Waals surface area (Å²) < 4.78 is 0. The SMILES string of the molecule is CC1(C)CCC(CN)(N2CCC(C(C)(C)C)CC2)CC1. The molecule has 2 N–H and O–H groups in total. The van der Waals surface area contributed by atoms with Crippen LogP contribution in [0.1, 0.15) is 73.1 Å². The molecule has 2 nitrogen and oxygen atoms in total. The molecular weight excluding hydrogens is 244 g/mol. The van der Waals surface area contributed by atoms with Crippen molar-refractivity contribution in [1.82, 2.24) is 4.90 Å². The van der Waals surface area contributed by atoms with Gasteiger partial charge in [-0.1, -0.05) is 34.6 Å². The first-order valence-corrected chi connectivity index (χ1v) is 8.64. The fourth-order valence-corrected chi connectivity index (χ4v) is 4.26. The van der Waals surface area contributed by atoms with E-state index in [-0.39, 0.29) is 0 Å². The van der Waals surface area contributed by atoms with Gasteiger partial charge in [0.05, 0.1) is 0 Å². The van der Waals surface area contributed by atoms with Crippen molar-refractivity contribution in [2.75, 3.05) is 19.6 Å². The molecule has 0 amide bonds. The van der Waals surface area contributed by atoms with Gasteiger partial charge >= 0.3 is 0 Å². The molecule has 0 aromatic heterocycles. The maximum absolute atomic E-state index is 6.24. The Balaban J connectivity index is 1.98. The average molecular weight is 281 g/mol. The molecule has 0 spiro atoms. The molecule has 1 saturated heterocycles. The predicted octanol–water partition coefficient (Wildman–Crippen LogP) is 4.04. The fourth-order valence-electron chi connectivity index (χ4n) is 4.26. The highest BCUT2D eigenvalue weighted by atomic mass is 15.2. The van der Waals surface area contributed by atoms with Crippen molar-refractivity contribution in [1.29, 1.82) is 0 Å². The average Bonchev–Trinajstić information content (AvgIpc) is 2.39. The zero-order chi connectivity index (χ0) is 15.0. The van der Waals surface area contributed by atoms with Crippen LogP contribution >= 0.6 is 0 Å². The molecule has 0 aromatic rings. The summed E-state index contributed by atoms with van der Waals surface area (Å²) >= 11 is 0. The van der Waals surface area contributed by atoms with Gasteiger partial charge in [0, 0.05) is 12.1 Å². The summed E-state index contributed by atoms with van der Waals surface area (Å²) in [7, 11) is 0. The standard InChI is InChI=1S/C18H36N2/c1-16(2,3)15-6-12-20(13-7-15)18(14-19)10-8-17(4,5)9-11-18/h15H,6-14,19H2,1-5H3. The van der Waals surface area contributed by atoms with Crippen LogP contribution in [0.25, 0.3) is 0 Å². The molecule has 1 heterocycles. The second kappa shape index (κ2) is 5.61. The molecule has 1 aliphatic heterocycles. The van der Waals surface area contributed by atoms with E-state index >= 15 is 0 Å². The Morgan fingerprint density at radius 3 is 1.90 bits per heavy atom. The molecule has 20 heavy (non-hydrogen) atoms. The first-order chi connectivity index (χ1) is 9.19. The quantitative estimate of drug-likeness (QED) is 0.827. The summed E-state index contributed by atoms with van der Waals surface area (Å²) in [6.45, 7) is 15.4. The molecule has 1 aliphatic carbocycles. The second-order valence-corrected chi connectivity index (χ2v) is 9.22. The molecule has 2 heteroatoms. The molecule has 0 aromatic carbocycles. The molecule has 1 saturated carbocycles. The van der Waals surface area contributed by atoms with E-state index in [0.29, 0.717) is 16.4 Å². The molecule has 118 valence electrons. The van der Waals surface area contributed by atoms with E-state index in [0.717, 1.165) is 12.5 Å². The fraction of sp³-hybridized carbons (Fsp3) is 1.00. The van der Waals surface area contributed by atoms with Crippen LogP contribution in [0.5, 0.6) is 0 Å². The Labute approximate surface area is 126 Å². The number of rotatable bonds is 2. The summed E-state index contributed by atoms with van der Waals surface area (Å²) in [6.07, 6.45) is 7.99. The highest BCUT2D eigenvalue weighted by Crippen LogP contribution is 2.44. The van der Waals surface area contributed by atoms with E-state index in [1.807, 2.05) is 0 Å². The first kappa shape index (κ1) is 16.3. The largest absolute Gasteiger partial charge is 0.329 e. The zero-order valence-electron chi connectivity index (χ0n) is 14.5. The first-order valence-electron chi connectivity index (χ1n) is 8.64. The van der Waals surface area contributed by atoms with Gasteiger partial charge in [-0.25, -0.2) is 0 Å². The zero-order valence-corrected chi connectivity index (χ0v) is 14.5. The molecule has 0 radical (unpaired) electrons. The van der Waals surface area contributed by atoms with Crippen molar-refractivity contribution in [2.45, 2.75) is 78.7 Å². The third-order valence-corrected chi connectivity index (χ3v) is 6.30. The number of likely N-dealkylation sites (tertiary alicyclic amines) is 1. The van der Waals surface area contributed by atoms with E-state index in [1.54, 1.807) is 0 Å².